The largest absolute Gasteiger partial charge is 0.379 e. The highest BCUT2D eigenvalue weighted by Crippen LogP contribution is 2.13. The van der Waals surface area contributed by atoms with Crippen LogP contribution in [0.4, 0.5) is 0 Å². The molecule has 3 aromatic rings. The van der Waals surface area contributed by atoms with Crippen molar-refractivity contribution in [2.45, 2.75) is 39.5 Å². The number of hydrogen-bond donors (Lipinski definition) is 1. The predicted molar refractivity (Wildman–Crippen MR) is 121 cm³/mol. The molecule has 1 aliphatic heterocycles. The Kier molecular flexibility index (Phi) is 6.84. The lowest BCUT2D eigenvalue weighted by molar-refractivity contribution is -0.121. The molecule has 0 radical (unpaired) electrons. The Morgan fingerprint density at radius 2 is 1.71 bits per heavy atom. The Bertz CT molecular complexity index is 1100. The third-order valence-electron chi connectivity index (χ3n) is 5.79. The lowest BCUT2D eigenvalue weighted by atomic mass is 10.1. The summed E-state index contributed by atoms with van der Waals surface area (Å²) in [6, 6.07) is 16.1. The summed E-state index contributed by atoms with van der Waals surface area (Å²) in [4.78, 5) is 27.5. The van der Waals surface area contributed by atoms with Crippen LogP contribution in [0.3, 0.4) is 0 Å². The third kappa shape index (κ3) is 5.06. The molecule has 31 heavy (non-hydrogen) atoms. The van der Waals surface area contributed by atoms with E-state index in [1.54, 1.807) is 9.13 Å². The number of para-hydroxylation sites is 2. The van der Waals surface area contributed by atoms with Gasteiger partial charge in [0.25, 0.3) is 0 Å². The molecule has 7 heteroatoms. The maximum absolute atomic E-state index is 12.7. The van der Waals surface area contributed by atoms with Crippen LogP contribution in [0.25, 0.3) is 11.0 Å². The summed E-state index contributed by atoms with van der Waals surface area (Å²) >= 11 is 0. The van der Waals surface area contributed by atoms with Crippen molar-refractivity contribution < 1.29 is 9.53 Å². The molecule has 1 aromatic heterocycles. The van der Waals surface area contributed by atoms with Gasteiger partial charge in [-0.15, -0.1) is 0 Å². The lowest BCUT2D eigenvalue weighted by Crippen LogP contribution is -2.35. The highest BCUT2D eigenvalue weighted by molar-refractivity contribution is 5.78. The Labute approximate surface area is 182 Å². The molecular formula is C24H30N4O3. The number of hydrogen-bond acceptors (Lipinski definition) is 4. The molecule has 1 aliphatic rings. The molecule has 2 aromatic carbocycles. The van der Waals surface area contributed by atoms with Gasteiger partial charge in [-0.3, -0.25) is 18.8 Å². The van der Waals surface area contributed by atoms with Crippen LogP contribution in [0, 0.1) is 0 Å². The Morgan fingerprint density at radius 1 is 1.00 bits per heavy atom. The molecule has 164 valence electrons. The smallest absolute Gasteiger partial charge is 0.329 e. The van der Waals surface area contributed by atoms with E-state index >= 15 is 0 Å². The van der Waals surface area contributed by atoms with Gasteiger partial charge in [0, 0.05) is 45.7 Å². The van der Waals surface area contributed by atoms with E-state index in [1.807, 2.05) is 43.3 Å². The number of imidazole rings is 1. The third-order valence-corrected chi connectivity index (χ3v) is 5.79. The standard InChI is InChI=1S/C24H30N4O3/c1-2-27-21-8-3-4-9-22(21)28(24(27)30)11-10-23(29)25-17-19-6-5-7-20(16-19)18-26-12-14-31-15-13-26/h3-9,16H,2,10-15,17-18H2,1H3,(H,25,29). The number of ether oxygens (including phenoxy) is 1. The van der Waals surface area contributed by atoms with Crippen LogP contribution in [0.2, 0.25) is 0 Å². The van der Waals surface area contributed by atoms with E-state index < -0.39 is 0 Å². The molecule has 1 fully saturated rings. The van der Waals surface area contributed by atoms with Crippen molar-refractivity contribution in [3.8, 4) is 0 Å². The summed E-state index contributed by atoms with van der Waals surface area (Å²) in [6.45, 7) is 7.80. The van der Waals surface area contributed by atoms with Gasteiger partial charge < -0.3 is 10.1 Å². The molecule has 4 rings (SSSR count). The van der Waals surface area contributed by atoms with E-state index in [-0.39, 0.29) is 18.0 Å². The van der Waals surface area contributed by atoms with E-state index in [4.69, 9.17) is 4.74 Å². The molecule has 1 N–H and O–H groups in total. The van der Waals surface area contributed by atoms with Crippen molar-refractivity contribution in [1.82, 2.24) is 19.4 Å². The number of carbonyl (C=O) groups is 1. The summed E-state index contributed by atoms with van der Waals surface area (Å²) < 4.78 is 8.85. The van der Waals surface area contributed by atoms with Crippen LogP contribution >= 0.6 is 0 Å². The molecule has 7 nitrogen and oxygen atoms in total. The monoisotopic (exact) mass is 422 g/mol. The Hall–Kier alpha value is -2.90. The number of rotatable bonds is 8. The van der Waals surface area contributed by atoms with Crippen LogP contribution < -0.4 is 11.0 Å². The van der Waals surface area contributed by atoms with Gasteiger partial charge in [0.15, 0.2) is 0 Å². The number of carbonyl (C=O) groups excluding carboxylic acids is 1. The normalized spacial score (nSPS) is 14.7. The van der Waals surface area contributed by atoms with Crippen molar-refractivity contribution in [3.05, 3.63) is 70.1 Å². The second-order valence-corrected chi connectivity index (χ2v) is 7.90. The summed E-state index contributed by atoms with van der Waals surface area (Å²) in [5.41, 5.74) is 4.05. The van der Waals surface area contributed by atoms with Crippen molar-refractivity contribution in [3.63, 3.8) is 0 Å². The first-order valence-electron chi connectivity index (χ1n) is 11.0. The fourth-order valence-corrected chi connectivity index (χ4v) is 4.15. The molecular weight excluding hydrogens is 392 g/mol. The van der Waals surface area contributed by atoms with E-state index in [0.29, 0.717) is 19.6 Å². The molecule has 2 heterocycles. The summed E-state index contributed by atoms with van der Waals surface area (Å²) in [5, 5.41) is 2.99. The topological polar surface area (TPSA) is 68.5 Å². The number of fused-ring (bicyclic) bond motifs is 1. The first kappa shape index (κ1) is 21.3. The maximum atomic E-state index is 12.7. The van der Waals surface area contributed by atoms with E-state index in [2.05, 4.69) is 22.3 Å². The second kappa shape index (κ2) is 9.94. The first-order chi connectivity index (χ1) is 15.2. The van der Waals surface area contributed by atoms with Gasteiger partial charge in [0.2, 0.25) is 5.91 Å². The second-order valence-electron chi connectivity index (χ2n) is 7.90. The van der Waals surface area contributed by atoms with Gasteiger partial charge in [0.1, 0.15) is 0 Å². The summed E-state index contributed by atoms with van der Waals surface area (Å²) in [5.74, 6) is -0.0567. The molecule has 0 bridgehead atoms. The minimum atomic E-state index is -0.0627. The van der Waals surface area contributed by atoms with Gasteiger partial charge in [-0.2, -0.15) is 0 Å². The van der Waals surface area contributed by atoms with Gasteiger partial charge in [-0.05, 0) is 30.2 Å². The van der Waals surface area contributed by atoms with E-state index in [1.165, 1.54) is 5.56 Å². The van der Waals surface area contributed by atoms with Crippen LogP contribution in [-0.4, -0.2) is 46.2 Å². The minimum Gasteiger partial charge on any atom is -0.379 e. The summed E-state index contributed by atoms with van der Waals surface area (Å²) in [6.07, 6.45) is 0.269. The van der Waals surface area contributed by atoms with E-state index in [9.17, 15) is 9.59 Å². The number of nitrogens with zero attached hydrogens (tertiary/aromatic N) is 3. The predicted octanol–water partition coefficient (Wildman–Crippen LogP) is 2.36. The molecule has 1 saturated heterocycles. The maximum Gasteiger partial charge on any atom is 0.329 e. The van der Waals surface area contributed by atoms with Crippen molar-refractivity contribution in [1.29, 1.82) is 0 Å². The van der Waals surface area contributed by atoms with Gasteiger partial charge in [0.05, 0.1) is 24.2 Å². The molecule has 1 amide bonds. The fourth-order valence-electron chi connectivity index (χ4n) is 4.15. The minimum absolute atomic E-state index is 0.0567. The number of morpholine rings is 1. The molecule has 0 unspecified atom stereocenters. The average Bonchev–Trinajstić information content (AvgIpc) is 3.07. The fraction of sp³-hybridized carbons (Fsp3) is 0.417. The molecule has 0 spiro atoms. The van der Waals surface area contributed by atoms with E-state index in [0.717, 1.165) is 49.4 Å². The Morgan fingerprint density at radius 3 is 2.45 bits per heavy atom. The number of aryl methyl sites for hydroxylation is 2. The zero-order valence-corrected chi connectivity index (χ0v) is 18.0. The Balaban J connectivity index is 1.33. The number of aromatic nitrogens is 2. The van der Waals surface area contributed by atoms with Crippen molar-refractivity contribution in [2.24, 2.45) is 0 Å². The van der Waals surface area contributed by atoms with Gasteiger partial charge in [-0.1, -0.05) is 36.4 Å². The average molecular weight is 423 g/mol. The number of benzene rings is 2. The van der Waals surface area contributed by atoms with Gasteiger partial charge in [-0.25, -0.2) is 4.79 Å². The zero-order valence-electron chi connectivity index (χ0n) is 18.0. The van der Waals surface area contributed by atoms with Crippen LogP contribution in [-0.2, 0) is 35.7 Å². The zero-order chi connectivity index (χ0) is 21.6. The quantitative estimate of drug-likeness (QED) is 0.605. The highest BCUT2D eigenvalue weighted by Gasteiger charge is 2.13. The van der Waals surface area contributed by atoms with Crippen molar-refractivity contribution in [2.75, 3.05) is 26.3 Å². The molecule has 0 atom stereocenters. The van der Waals surface area contributed by atoms with Gasteiger partial charge >= 0.3 is 5.69 Å². The van der Waals surface area contributed by atoms with Crippen LogP contribution in [0.15, 0.2) is 53.3 Å². The first-order valence-corrected chi connectivity index (χ1v) is 11.0. The number of nitrogens with one attached hydrogen (secondary N) is 1. The van der Waals surface area contributed by atoms with Crippen LogP contribution in [0.5, 0.6) is 0 Å². The van der Waals surface area contributed by atoms with Crippen LogP contribution in [0.1, 0.15) is 24.5 Å². The molecule has 0 saturated carbocycles. The molecule has 0 aliphatic carbocycles. The SMILES string of the molecule is CCn1c(=O)n(CCC(=O)NCc2cccc(CN3CCOCC3)c2)c2ccccc21. The highest BCUT2D eigenvalue weighted by atomic mass is 16.5. The lowest BCUT2D eigenvalue weighted by Gasteiger charge is -2.26. The number of amides is 1. The van der Waals surface area contributed by atoms with Crippen molar-refractivity contribution >= 4 is 16.9 Å². The summed E-state index contributed by atoms with van der Waals surface area (Å²) in [7, 11) is 0.